The van der Waals surface area contributed by atoms with Crippen LogP contribution in [0.4, 0.5) is 0 Å². The zero-order chi connectivity index (χ0) is 14.6. The van der Waals surface area contributed by atoms with E-state index in [2.05, 4.69) is 10.3 Å². The second kappa shape index (κ2) is 6.37. The van der Waals surface area contributed by atoms with Crippen LogP contribution in [-0.4, -0.2) is 25.2 Å². The second-order valence-corrected chi connectivity index (χ2v) is 5.48. The van der Waals surface area contributed by atoms with Gasteiger partial charge in [-0.2, -0.15) is 0 Å². The summed E-state index contributed by atoms with van der Waals surface area (Å²) < 4.78 is 0. The maximum atomic E-state index is 11.0. The third-order valence-corrected chi connectivity index (χ3v) is 4.22. The normalized spacial score (nSPS) is 24.8. The Morgan fingerprint density at radius 2 is 2.20 bits per heavy atom. The number of nitrogens with two attached hydrogens (primary N) is 1. The van der Waals surface area contributed by atoms with Crippen molar-refractivity contribution in [3.05, 3.63) is 34.9 Å². The average Bonchev–Trinajstić information content (AvgIpc) is 2.46. The number of carbonyl (C=O) groups excluding carboxylic acids is 1. The van der Waals surface area contributed by atoms with Crippen molar-refractivity contribution in [3.8, 4) is 0 Å². The summed E-state index contributed by atoms with van der Waals surface area (Å²) in [4.78, 5) is 15.5. The molecule has 1 fully saturated rings. The molecule has 1 aliphatic rings. The fourth-order valence-electron chi connectivity index (χ4n) is 2.93. The van der Waals surface area contributed by atoms with Crippen molar-refractivity contribution in [2.75, 3.05) is 13.6 Å². The predicted octanol–water partition coefficient (Wildman–Crippen LogP) is 2.25. The minimum absolute atomic E-state index is 0.0310. The Morgan fingerprint density at radius 1 is 1.45 bits per heavy atom. The van der Waals surface area contributed by atoms with Gasteiger partial charge in [0, 0.05) is 10.7 Å². The maximum absolute atomic E-state index is 11.0. The first-order chi connectivity index (χ1) is 9.60. The summed E-state index contributed by atoms with van der Waals surface area (Å²) in [6.45, 7) is 0.0310. The van der Waals surface area contributed by atoms with Crippen molar-refractivity contribution < 1.29 is 4.79 Å². The Kier molecular flexibility index (Phi) is 4.78. The van der Waals surface area contributed by atoms with Gasteiger partial charge in [0.1, 0.15) is 6.54 Å². The van der Waals surface area contributed by atoms with E-state index in [1.165, 1.54) is 0 Å². The van der Waals surface area contributed by atoms with Gasteiger partial charge in [-0.15, -0.1) is 0 Å². The first kappa shape index (κ1) is 15.0. The molecule has 0 bridgehead atoms. The standard InChI is InChI=1S/C15H20ClN3O/c1-18-15(11-6-2-3-7-12(11)16)9-5-4-8-13(15)19-10-14(17)20/h2-3,6-7,18H,4-5,8-10H2,1H3,(H2,17,20). The molecule has 1 amide bonds. The third kappa shape index (κ3) is 2.86. The lowest BCUT2D eigenvalue weighted by atomic mass is 9.75. The maximum Gasteiger partial charge on any atom is 0.239 e. The number of amides is 1. The van der Waals surface area contributed by atoms with Crippen LogP contribution in [0.25, 0.3) is 0 Å². The Hall–Kier alpha value is -1.39. The van der Waals surface area contributed by atoms with Gasteiger partial charge in [-0.05, 0) is 37.9 Å². The topological polar surface area (TPSA) is 67.5 Å². The first-order valence-electron chi connectivity index (χ1n) is 6.86. The van der Waals surface area contributed by atoms with Crippen molar-refractivity contribution in [1.82, 2.24) is 5.32 Å². The highest BCUT2D eigenvalue weighted by molar-refractivity contribution is 6.31. The molecule has 1 atom stereocenters. The Morgan fingerprint density at radius 3 is 2.85 bits per heavy atom. The van der Waals surface area contributed by atoms with Crippen LogP contribution in [0.5, 0.6) is 0 Å². The van der Waals surface area contributed by atoms with Gasteiger partial charge >= 0.3 is 0 Å². The number of primary amides is 1. The van der Waals surface area contributed by atoms with Crippen molar-refractivity contribution in [2.24, 2.45) is 10.7 Å². The molecular weight excluding hydrogens is 274 g/mol. The van der Waals surface area contributed by atoms with Crippen LogP contribution in [0, 0.1) is 0 Å². The van der Waals surface area contributed by atoms with Crippen LogP contribution in [-0.2, 0) is 10.3 Å². The van der Waals surface area contributed by atoms with E-state index in [-0.39, 0.29) is 12.1 Å². The largest absolute Gasteiger partial charge is 0.368 e. The molecular formula is C15H20ClN3O. The lowest BCUT2D eigenvalue weighted by molar-refractivity contribution is -0.116. The number of benzene rings is 1. The highest BCUT2D eigenvalue weighted by Gasteiger charge is 2.39. The van der Waals surface area contributed by atoms with Gasteiger partial charge in [0.05, 0.1) is 5.54 Å². The molecule has 2 rings (SSSR count). The number of halogens is 1. The van der Waals surface area contributed by atoms with E-state index in [0.717, 1.165) is 42.0 Å². The Bertz CT molecular complexity index is 530. The minimum Gasteiger partial charge on any atom is -0.368 e. The summed E-state index contributed by atoms with van der Waals surface area (Å²) in [5.74, 6) is -0.410. The Labute approximate surface area is 124 Å². The van der Waals surface area contributed by atoms with Crippen LogP contribution in [0.3, 0.4) is 0 Å². The Balaban J connectivity index is 2.47. The molecule has 0 aliphatic heterocycles. The minimum atomic E-state index is -0.410. The zero-order valence-corrected chi connectivity index (χ0v) is 12.4. The lowest BCUT2D eigenvalue weighted by Gasteiger charge is -2.39. The second-order valence-electron chi connectivity index (χ2n) is 5.07. The number of rotatable bonds is 4. The number of hydrogen-bond acceptors (Lipinski definition) is 3. The third-order valence-electron chi connectivity index (χ3n) is 3.89. The zero-order valence-electron chi connectivity index (χ0n) is 11.7. The molecule has 1 saturated carbocycles. The number of aliphatic imine (C=N–C) groups is 1. The van der Waals surface area contributed by atoms with Crippen LogP contribution < -0.4 is 11.1 Å². The van der Waals surface area contributed by atoms with Gasteiger partial charge in [0.25, 0.3) is 0 Å². The summed E-state index contributed by atoms with van der Waals surface area (Å²) in [5.41, 5.74) is 6.82. The molecule has 0 aromatic heterocycles. The molecule has 1 aliphatic carbocycles. The van der Waals surface area contributed by atoms with Crippen molar-refractivity contribution in [3.63, 3.8) is 0 Å². The highest BCUT2D eigenvalue weighted by atomic mass is 35.5. The summed E-state index contributed by atoms with van der Waals surface area (Å²) in [6, 6.07) is 7.79. The lowest BCUT2D eigenvalue weighted by Crippen LogP contribution is -2.49. The van der Waals surface area contributed by atoms with Gasteiger partial charge in [0.15, 0.2) is 0 Å². The van der Waals surface area contributed by atoms with Gasteiger partial charge in [0.2, 0.25) is 5.91 Å². The molecule has 0 saturated heterocycles. The molecule has 1 unspecified atom stereocenters. The fourth-order valence-corrected chi connectivity index (χ4v) is 3.23. The van der Waals surface area contributed by atoms with E-state index in [4.69, 9.17) is 17.3 Å². The number of nitrogens with zero attached hydrogens (tertiary/aromatic N) is 1. The van der Waals surface area contributed by atoms with Gasteiger partial charge in [-0.25, -0.2) is 0 Å². The van der Waals surface area contributed by atoms with E-state index in [1.54, 1.807) is 0 Å². The predicted molar refractivity (Wildman–Crippen MR) is 82.2 cm³/mol. The SMILES string of the molecule is CNC1(c2ccccc2Cl)CCCCC1=NCC(N)=O. The summed E-state index contributed by atoms with van der Waals surface area (Å²) in [6.07, 6.45) is 3.96. The molecule has 0 radical (unpaired) electrons. The monoisotopic (exact) mass is 293 g/mol. The van der Waals surface area contributed by atoms with Gasteiger partial charge in [-0.3, -0.25) is 9.79 Å². The molecule has 0 spiro atoms. The van der Waals surface area contributed by atoms with Crippen LogP contribution in [0.2, 0.25) is 5.02 Å². The molecule has 5 heteroatoms. The van der Waals surface area contributed by atoms with E-state index in [0.29, 0.717) is 0 Å². The number of hydrogen-bond donors (Lipinski definition) is 2. The van der Waals surface area contributed by atoms with Gasteiger partial charge < -0.3 is 11.1 Å². The van der Waals surface area contributed by atoms with Crippen molar-refractivity contribution >= 4 is 23.2 Å². The van der Waals surface area contributed by atoms with Crippen molar-refractivity contribution in [1.29, 1.82) is 0 Å². The highest BCUT2D eigenvalue weighted by Crippen LogP contribution is 2.38. The number of carbonyl (C=O) groups is 1. The van der Waals surface area contributed by atoms with E-state index in [1.807, 2.05) is 31.3 Å². The molecule has 20 heavy (non-hydrogen) atoms. The molecule has 0 heterocycles. The summed E-state index contributed by atoms with van der Waals surface area (Å²) >= 11 is 6.37. The van der Waals surface area contributed by atoms with Gasteiger partial charge in [-0.1, -0.05) is 36.2 Å². The molecule has 108 valence electrons. The van der Waals surface area contributed by atoms with E-state index in [9.17, 15) is 4.79 Å². The van der Waals surface area contributed by atoms with E-state index >= 15 is 0 Å². The molecule has 3 N–H and O–H groups in total. The average molecular weight is 294 g/mol. The molecule has 1 aromatic rings. The van der Waals surface area contributed by atoms with Crippen LogP contribution in [0.15, 0.2) is 29.3 Å². The van der Waals surface area contributed by atoms with E-state index < -0.39 is 5.91 Å². The smallest absolute Gasteiger partial charge is 0.239 e. The first-order valence-corrected chi connectivity index (χ1v) is 7.24. The summed E-state index contributed by atoms with van der Waals surface area (Å²) in [5, 5.41) is 4.10. The molecule has 1 aromatic carbocycles. The van der Waals surface area contributed by atoms with Crippen LogP contribution >= 0.6 is 11.6 Å². The number of nitrogens with one attached hydrogen (secondary N) is 1. The quantitative estimate of drug-likeness (QED) is 0.894. The fraction of sp³-hybridized carbons (Fsp3) is 0.467. The van der Waals surface area contributed by atoms with Crippen molar-refractivity contribution in [2.45, 2.75) is 31.2 Å². The summed E-state index contributed by atoms with van der Waals surface area (Å²) in [7, 11) is 1.91. The molecule has 4 nitrogen and oxygen atoms in total. The van der Waals surface area contributed by atoms with Crippen LogP contribution in [0.1, 0.15) is 31.2 Å².